The monoisotopic (exact) mass is 411 g/mol. The molecule has 1 aliphatic heterocycles. The SMILES string of the molecule is C/C(=C\[C@H](C(C)C)N(C)C(=O)[C@H](NC=O)C(C)(C)C)C(=O)O.CN1CCCCC1. The molecule has 1 fully saturated rings. The lowest BCUT2D eigenvalue weighted by Crippen LogP contribution is -2.54. The number of likely N-dealkylation sites (N-methyl/N-ethyl adjacent to an activating group) is 1. The number of hydrogen-bond donors (Lipinski definition) is 2. The highest BCUT2D eigenvalue weighted by Gasteiger charge is 2.35. The van der Waals surface area contributed by atoms with Crippen molar-refractivity contribution in [2.45, 2.75) is 72.9 Å². The minimum Gasteiger partial charge on any atom is -0.478 e. The molecule has 7 nitrogen and oxygen atoms in total. The molecule has 0 unspecified atom stereocenters. The molecule has 1 rings (SSSR count). The van der Waals surface area contributed by atoms with Gasteiger partial charge in [-0.05, 0) is 51.2 Å². The Labute approximate surface area is 176 Å². The molecule has 1 aliphatic rings. The predicted molar refractivity (Wildman–Crippen MR) is 117 cm³/mol. The third-order valence-corrected chi connectivity index (χ3v) is 5.16. The molecule has 7 heteroatoms. The molecule has 0 radical (unpaired) electrons. The molecule has 2 atom stereocenters. The van der Waals surface area contributed by atoms with Crippen molar-refractivity contribution >= 4 is 18.3 Å². The minimum absolute atomic E-state index is 0.0418. The minimum atomic E-state index is -1.01. The summed E-state index contributed by atoms with van der Waals surface area (Å²) in [4.78, 5) is 38.4. The largest absolute Gasteiger partial charge is 0.478 e. The number of hydrogen-bond acceptors (Lipinski definition) is 4. The molecular weight excluding hydrogens is 370 g/mol. The van der Waals surface area contributed by atoms with Gasteiger partial charge in [0, 0.05) is 12.6 Å². The Balaban J connectivity index is 0.000000929. The van der Waals surface area contributed by atoms with E-state index < -0.39 is 17.4 Å². The normalized spacial score (nSPS) is 17.6. The number of nitrogens with one attached hydrogen (secondary N) is 1. The van der Waals surface area contributed by atoms with E-state index in [0.717, 1.165) is 0 Å². The van der Waals surface area contributed by atoms with E-state index in [4.69, 9.17) is 5.11 Å². The summed E-state index contributed by atoms with van der Waals surface area (Å²) in [5.74, 6) is -1.21. The number of carbonyl (C=O) groups excluding carboxylic acids is 2. The number of likely N-dealkylation sites (tertiary alicyclic amines) is 1. The van der Waals surface area contributed by atoms with Crippen molar-refractivity contribution in [1.29, 1.82) is 0 Å². The highest BCUT2D eigenvalue weighted by molar-refractivity contribution is 5.87. The first-order valence-electron chi connectivity index (χ1n) is 10.4. The number of carboxylic acid groups (broad SMARTS) is 1. The average molecular weight is 412 g/mol. The summed E-state index contributed by atoms with van der Waals surface area (Å²) in [5.41, 5.74) is -0.256. The maximum atomic E-state index is 12.7. The van der Waals surface area contributed by atoms with Gasteiger partial charge in [-0.1, -0.05) is 47.1 Å². The highest BCUT2D eigenvalue weighted by Crippen LogP contribution is 2.23. The van der Waals surface area contributed by atoms with Gasteiger partial charge in [-0.15, -0.1) is 0 Å². The molecule has 1 heterocycles. The standard InChI is InChI=1S/C16H28N2O4.C6H13N/c1-10(2)12(8-11(3)15(21)22)18(7)14(20)13(17-9-19)16(4,5)6;1-7-5-3-2-4-6-7/h8-10,12-13H,1-7H3,(H,17,19)(H,21,22);2-6H2,1H3/b11-8+;/t12-,13+;/m1./s1. The van der Waals surface area contributed by atoms with Crippen LogP contribution in [0.25, 0.3) is 0 Å². The first-order chi connectivity index (χ1) is 13.3. The van der Waals surface area contributed by atoms with Crippen LogP contribution in [0.4, 0.5) is 0 Å². The van der Waals surface area contributed by atoms with Crippen LogP contribution in [0.3, 0.4) is 0 Å². The quantitative estimate of drug-likeness (QED) is 0.497. The summed E-state index contributed by atoms with van der Waals surface area (Å²) in [7, 11) is 3.82. The summed E-state index contributed by atoms with van der Waals surface area (Å²) in [6, 6.07) is -1.03. The number of rotatable bonds is 7. The van der Waals surface area contributed by atoms with E-state index in [-0.39, 0.29) is 23.4 Å². The van der Waals surface area contributed by atoms with Gasteiger partial charge in [-0.2, -0.15) is 0 Å². The van der Waals surface area contributed by atoms with Crippen LogP contribution in [0.15, 0.2) is 11.6 Å². The molecule has 0 aromatic carbocycles. The van der Waals surface area contributed by atoms with Crippen molar-refractivity contribution < 1.29 is 19.5 Å². The lowest BCUT2D eigenvalue weighted by molar-refractivity contribution is -0.138. The van der Waals surface area contributed by atoms with Crippen molar-refractivity contribution in [1.82, 2.24) is 15.1 Å². The fourth-order valence-corrected chi connectivity index (χ4v) is 3.24. The first kappa shape index (κ1) is 27.1. The van der Waals surface area contributed by atoms with Crippen LogP contribution in [0.2, 0.25) is 0 Å². The molecule has 168 valence electrons. The van der Waals surface area contributed by atoms with Crippen LogP contribution in [-0.4, -0.2) is 72.5 Å². The van der Waals surface area contributed by atoms with Gasteiger partial charge < -0.3 is 20.2 Å². The summed E-state index contributed by atoms with van der Waals surface area (Å²) in [5, 5.41) is 11.6. The van der Waals surface area contributed by atoms with E-state index in [9.17, 15) is 14.4 Å². The number of piperidine rings is 1. The second-order valence-corrected chi connectivity index (χ2v) is 9.29. The Hall–Kier alpha value is -1.89. The highest BCUT2D eigenvalue weighted by atomic mass is 16.4. The van der Waals surface area contributed by atoms with Gasteiger partial charge in [0.25, 0.3) is 0 Å². The van der Waals surface area contributed by atoms with Crippen LogP contribution in [-0.2, 0) is 14.4 Å². The fourth-order valence-electron chi connectivity index (χ4n) is 3.24. The van der Waals surface area contributed by atoms with Crippen LogP contribution >= 0.6 is 0 Å². The van der Waals surface area contributed by atoms with Gasteiger partial charge in [0.2, 0.25) is 12.3 Å². The third kappa shape index (κ3) is 9.92. The number of carboxylic acids is 1. The van der Waals surface area contributed by atoms with E-state index in [1.54, 1.807) is 13.1 Å². The van der Waals surface area contributed by atoms with Gasteiger partial charge in [0.05, 0.1) is 6.04 Å². The molecule has 29 heavy (non-hydrogen) atoms. The molecule has 2 amide bonds. The first-order valence-corrected chi connectivity index (χ1v) is 10.4. The van der Waals surface area contributed by atoms with Gasteiger partial charge in [0.15, 0.2) is 0 Å². The van der Waals surface area contributed by atoms with Crippen LogP contribution in [0.1, 0.15) is 60.8 Å². The molecule has 0 aromatic rings. The summed E-state index contributed by atoms with van der Waals surface area (Å²) < 4.78 is 0. The van der Waals surface area contributed by atoms with E-state index in [1.807, 2.05) is 34.6 Å². The lowest BCUT2D eigenvalue weighted by Gasteiger charge is -2.36. The van der Waals surface area contributed by atoms with Crippen molar-refractivity contribution in [2.75, 3.05) is 27.2 Å². The van der Waals surface area contributed by atoms with Crippen molar-refractivity contribution in [2.24, 2.45) is 11.3 Å². The summed E-state index contributed by atoms with van der Waals surface area (Å²) >= 11 is 0. The van der Waals surface area contributed by atoms with Gasteiger partial charge >= 0.3 is 5.97 Å². The van der Waals surface area contributed by atoms with E-state index in [2.05, 4.69) is 17.3 Å². The van der Waals surface area contributed by atoms with E-state index in [0.29, 0.717) is 6.41 Å². The number of carbonyl (C=O) groups is 3. The second-order valence-electron chi connectivity index (χ2n) is 9.29. The average Bonchev–Trinajstić information content (AvgIpc) is 2.62. The van der Waals surface area contributed by atoms with Gasteiger partial charge in [0.1, 0.15) is 6.04 Å². The molecule has 1 saturated heterocycles. The van der Waals surface area contributed by atoms with Crippen molar-refractivity contribution in [3.63, 3.8) is 0 Å². The number of aliphatic carboxylic acids is 1. The lowest BCUT2D eigenvalue weighted by atomic mass is 9.85. The molecular formula is C22H41N3O4. The van der Waals surface area contributed by atoms with Crippen molar-refractivity contribution in [3.8, 4) is 0 Å². The van der Waals surface area contributed by atoms with E-state index >= 15 is 0 Å². The zero-order valence-electron chi connectivity index (χ0n) is 19.5. The third-order valence-electron chi connectivity index (χ3n) is 5.16. The maximum Gasteiger partial charge on any atom is 0.331 e. The zero-order chi connectivity index (χ0) is 22.8. The van der Waals surface area contributed by atoms with Gasteiger partial charge in [-0.3, -0.25) is 9.59 Å². The second kappa shape index (κ2) is 12.6. The Morgan fingerprint density at radius 3 is 1.97 bits per heavy atom. The van der Waals surface area contributed by atoms with Crippen LogP contribution < -0.4 is 5.32 Å². The Morgan fingerprint density at radius 2 is 1.66 bits per heavy atom. The topological polar surface area (TPSA) is 90.0 Å². The smallest absolute Gasteiger partial charge is 0.331 e. The van der Waals surface area contributed by atoms with Crippen LogP contribution in [0, 0.1) is 11.3 Å². The van der Waals surface area contributed by atoms with Crippen LogP contribution in [0.5, 0.6) is 0 Å². The predicted octanol–water partition coefficient (Wildman–Crippen LogP) is 2.76. The Kier molecular flexibility index (Phi) is 11.8. The summed E-state index contributed by atoms with van der Waals surface area (Å²) in [6.07, 6.45) is 6.37. The molecule has 0 aliphatic carbocycles. The van der Waals surface area contributed by atoms with E-state index in [1.165, 1.54) is 44.2 Å². The Bertz CT molecular complexity index is 561. The van der Waals surface area contributed by atoms with Crippen molar-refractivity contribution in [3.05, 3.63) is 11.6 Å². The molecule has 0 aromatic heterocycles. The number of nitrogens with zero attached hydrogens (tertiary/aromatic N) is 2. The summed E-state index contributed by atoms with van der Waals surface area (Å²) in [6.45, 7) is 13.6. The Morgan fingerprint density at radius 1 is 1.14 bits per heavy atom. The molecule has 0 spiro atoms. The zero-order valence-corrected chi connectivity index (χ0v) is 19.5. The molecule has 2 N–H and O–H groups in total. The fraction of sp³-hybridized carbons (Fsp3) is 0.773. The molecule has 0 bridgehead atoms. The molecule has 0 saturated carbocycles. The number of amides is 2. The van der Waals surface area contributed by atoms with Gasteiger partial charge in [-0.25, -0.2) is 4.79 Å². The maximum absolute atomic E-state index is 12.7.